The second-order valence-corrected chi connectivity index (χ2v) is 5.43. The number of ether oxygens (including phenoxy) is 3. The van der Waals surface area contributed by atoms with Crippen molar-refractivity contribution < 1.29 is 14.2 Å². The van der Waals surface area contributed by atoms with Gasteiger partial charge >= 0.3 is 0 Å². The van der Waals surface area contributed by atoms with Crippen molar-refractivity contribution in [3.63, 3.8) is 0 Å². The van der Waals surface area contributed by atoms with Gasteiger partial charge in [0.1, 0.15) is 0 Å². The number of hydrogen-bond acceptors (Lipinski definition) is 4. The van der Waals surface area contributed by atoms with Crippen LogP contribution in [-0.2, 0) is 14.2 Å². The van der Waals surface area contributed by atoms with E-state index in [1.807, 2.05) is 14.2 Å². The molecule has 106 valence electrons. The van der Waals surface area contributed by atoms with Crippen LogP contribution in [0.15, 0.2) is 0 Å². The molecular formula is C14H27NO3. The third kappa shape index (κ3) is 3.23. The summed E-state index contributed by atoms with van der Waals surface area (Å²) in [5.41, 5.74) is -0.0500. The number of hydrogen-bond donors (Lipinski definition) is 1. The molecule has 2 atom stereocenters. The largest absolute Gasteiger partial charge is 0.381 e. The zero-order valence-corrected chi connectivity index (χ0v) is 11.7. The Morgan fingerprint density at radius 1 is 1.33 bits per heavy atom. The summed E-state index contributed by atoms with van der Waals surface area (Å²) in [5.74, 6) is 0. The van der Waals surface area contributed by atoms with Crippen molar-refractivity contribution in [1.82, 2.24) is 5.32 Å². The lowest BCUT2D eigenvalue weighted by atomic mass is 9.83. The van der Waals surface area contributed by atoms with E-state index in [-0.39, 0.29) is 5.60 Å². The minimum absolute atomic E-state index is 0.0500. The van der Waals surface area contributed by atoms with Gasteiger partial charge in [0.2, 0.25) is 0 Å². The first-order valence-electron chi connectivity index (χ1n) is 7.22. The highest BCUT2D eigenvalue weighted by molar-refractivity contribution is 4.94. The molecule has 4 heteroatoms. The van der Waals surface area contributed by atoms with Crippen LogP contribution in [0.5, 0.6) is 0 Å². The number of likely N-dealkylation sites (N-methyl/N-ethyl adjacent to an activating group) is 1. The maximum Gasteiger partial charge on any atom is 0.0874 e. The third-order valence-corrected chi connectivity index (χ3v) is 4.53. The Morgan fingerprint density at radius 2 is 2.11 bits per heavy atom. The van der Waals surface area contributed by atoms with E-state index in [1.54, 1.807) is 0 Å². The molecule has 2 rings (SSSR count). The molecule has 4 nitrogen and oxygen atoms in total. The van der Waals surface area contributed by atoms with E-state index in [0.717, 1.165) is 45.5 Å². The number of rotatable bonds is 6. The quantitative estimate of drug-likeness (QED) is 0.786. The topological polar surface area (TPSA) is 39.7 Å². The minimum atomic E-state index is -0.0500. The van der Waals surface area contributed by atoms with Gasteiger partial charge in [0, 0.05) is 45.8 Å². The van der Waals surface area contributed by atoms with E-state index in [4.69, 9.17) is 14.2 Å². The summed E-state index contributed by atoms with van der Waals surface area (Å²) in [7, 11) is 3.87. The molecule has 0 radical (unpaired) electrons. The molecule has 0 amide bonds. The van der Waals surface area contributed by atoms with Crippen molar-refractivity contribution in [2.45, 2.75) is 56.3 Å². The Morgan fingerprint density at radius 3 is 2.67 bits per heavy atom. The smallest absolute Gasteiger partial charge is 0.0874 e. The van der Waals surface area contributed by atoms with Crippen molar-refractivity contribution in [3.8, 4) is 0 Å². The molecule has 0 aliphatic carbocycles. The number of methoxy groups -OCH3 is 1. The lowest BCUT2D eigenvalue weighted by molar-refractivity contribution is -0.112. The molecule has 2 saturated heterocycles. The SMILES string of the molecule is CNC(CCC1CCCO1)C1(OC)CCOCC1. The highest BCUT2D eigenvalue weighted by Gasteiger charge is 2.39. The van der Waals surface area contributed by atoms with Crippen molar-refractivity contribution in [2.24, 2.45) is 0 Å². The first kappa shape index (κ1) is 14.3. The molecule has 0 aromatic heterocycles. The van der Waals surface area contributed by atoms with E-state index < -0.39 is 0 Å². The van der Waals surface area contributed by atoms with Crippen molar-refractivity contribution in [2.75, 3.05) is 34.0 Å². The molecule has 0 spiro atoms. The Hall–Kier alpha value is -0.160. The average molecular weight is 257 g/mol. The van der Waals surface area contributed by atoms with Crippen LogP contribution in [0.3, 0.4) is 0 Å². The molecule has 18 heavy (non-hydrogen) atoms. The van der Waals surface area contributed by atoms with Gasteiger partial charge in [0.15, 0.2) is 0 Å². The van der Waals surface area contributed by atoms with E-state index >= 15 is 0 Å². The molecule has 0 aromatic carbocycles. The molecular weight excluding hydrogens is 230 g/mol. The normalized spacial score (nSPS) is 29.3. The summed E-state index contributed by atoms with van der Waals surface area (Å²) in [6.07, 6.45) is 7.14. The van der Waals surface area contributed by atoms with Crippen LogP contribution < -0.4 is 5.32 Å². The lowest BCUT2D eigenvalue weighted by Crippen LogP contribution is -2.54. The molecule has 2 heterocycles. The Labute approximate surface area is 110 Å². The van der Waals surface area contributed by atoms with E-state index in [0.29, 0.717) is 12.1 Å². The summed E-state index contributed by atoms with van der Waals surface area (Å²) in [6, 6.07) is 0.399. The van der Waals surface area contributed by atoms with E-state index in [9.17, 15) is 0 Å². The van der Waals surface area contributed by atoms with Crippen molar-refractivity contribution >= 4 is 0 Å². The molecule has 2 aliphatic rings. The van der Waals surface area contributed by atoms with Gasteiger partial charge in [-0.25, -0.2) is 0 Å². The second-order valence-electron chi connectivity index (χ2n) is 5.43. The van der Waals surface area contributed by atoms with Crippen molar-refractivity contribution in [1.29, 1.82) is 0 Å². The van der Waals surface area contributed by atoms with Gasteiger partial charge in [-0.15, -0.1) is 0 Å². The first-order valence-corrected chi connectivity index (χ1v) is 7.22. The predicted molar refractivity (Wildman–Crippen MR) is 70.8 cm³/mol. The first-order chi connectivity index (χ1) is 8.80. The van der Waals surface area contributed by atoms with E-state index in [1.165, 1.54) is 12.8 Å². The van der Waals surface area contributed by atoms with Crippen LogP contribution in [0.1, 0.15) is 38.5 Å². The van der Waals surface area contributed by atoms with Gasteiger partial charge in [-0.05, 0) is 32.7 Å². The highest BCUT2D eigenvalue weighted by atomic mass is 16.5. The Bertz CT molecular complexity index is 235. The summed E-state index contributed by atoms with van der Waals surface area (Å²) in [6.45, 7) is 2.57. The lowest BCUT2D eigenvalue weighted by Gasteiger charge is -2.42. The maximum absolute atomic E-state index is 5.86. The molecule has 0 saturated carbocycles. The zero-order valence-electron chi connectivity index (χ0n) is 11.7. The van der Waals surface area contributed by atoms with Gasteiger partial charge < -0.3 is 19.5 Å². The van der Waals surface area contributed by atoms with Crippen LogP contribution in [-0.4, -0.2) is 51.7 Å². The zero-order chi connectivity index (χ0) is 12.8. The molecule has 2 aliphatic heterocycles. The fraction of sp³-hybridized carbons (Fsp3) is 1.00. The maximum atomic E-state index is 5.86. The molecule has 1 N–H and O–H groups in total. The van der Waals surface area contributed by atoms with Gasteiger partial charge in [-0.2, -0.15) is 0 Å². The fourth-order valence-electron chi connectivity index (χ4n) is 3.31. The van der Waals surface area contributed by atoms with E-state index in [2.05, 4.69) is 5.32 Å². The van der Waals surface area contributed by atoms with Crippen LogP contribution in [0, 0.1) is 0 Å². The third-order valence-electron chi connectivity index (χ3n) is 4.53. The van der Waals surface area contributed by atoms with Crippen LogP contribution in [0.25, 0.3) is 0 Å². The molecule has 2 fully saturated rings. The summed E-state index contributed by atoms with van der Waals surface area (Å²) < 4.78 is 17.0. The second kappa shape index (κ2) is 6.85. The summed E-state index contributed by atoms with van der Waals surface area (Å²) >= 11 is 0. The standard InChI is InChI=1S/C14H27NO3/c1-15-13(6-5-12-4-3-9-18-12)14(16-2)7-10-17-11-8-14/h12-13,15H,3-11H2,1-2H3. The van der Waals surface area contributed by atoms with Crippen LogP contribution in [0.2, 0.25) is 0 Å². The van der Waals surface area contributed by atoms with Gasteiger partial charge in [0.25, 0.3) is 0 Å². The van der Waals surface area contributed by atoms with Crippen molar-refractivity contribution in [3.05, 3.63) is 0 Å². The Balaban J connectivity index is 1.88. The van der Waals surface area contributed by atoms with Crippen LogP contribution in [0.4, 0.5) is 0 Å². The summed E-state index contributed by atoms with van der Waals surface area (Å²) in [4.78, 5) is 0. The van der Waals surface area contributed by atoms with Gasteiger partial charge in [-0.1, -0.05) is 0 Å². The molecule has 2 unspecified atom stereocenters. The summed E-state index contributed by atoms with van der Waals surface area (Å²) in [5, 5.41) is 3.45. The fourth-order valence-corrected chi connectivity index (χ4v) is 3.31. The molecule has 0 aromatic rings. The van der Waals surface area contributed by atoms with Crippen LogP contribution >= 0.6 is 0 Å². The highest BCUT2D eigenvalue weighted by Crippen LogP contribution is 2.31. The number of nitrogens with one attached hydrogen (secondary N) is 1. The monoisotopic (exact) mass is 257 g/mol. The predicted octanol–water partition coefficient (Wildman–Crippen LogP) is 1.73. The van der Waals surface area contributed by atoms with Gasteiger partial charge in [-0.3, -0.25) is 0 Å². The van der Waals surface area contributed by atoms with Gasteiger partial charge in [0.05, 0.1) is 11.7 Å². The average Bonchev–Trinajstić information content (AvgIpc) is 2.93. The Kier molecular flexibility index (Phi) is 5.42. The minimum Gasteiger partial charge on any atom is -0.381 e. The molecule has 0 bridgehead atoms.